The monoisotopic (exact) mass is 391 g/mol. The summed E-state index contributed by atoms with van der Waals surface area (Å²) in [5.74, 6) is 1.36. The van der Waals surface area contributed by atoms with Crippen molar-refractivity contribution in [3.05, 3.63) is 78.2 Å². The van der Waals surface area contributed by atoms with Crippen molar-refractivity contribution >= 4 is 5.91 Å². The Labute approximate surface area is 170 Å². The van der Waals surface area contributed by atoms with Gasteiger partial charge in [-0.05, 0) is 39.0 Å². The predicted octanol–water partition coefficient (Wildman–Crippen LogP) is 4.66. The first kappa shape index (κ1) is 20.3. The number of ether oxygens (including phenoxy) is 1. The van der Waals surface area contributed by atoms with Crippen LogP contribution in [0.25, 0.3) is 11.4 Å². The molecule has 0 unspecified atom stereocenters. The second-order valence-electron chi connectivity index (χ2n) is 7.05. The molecular formula is C23H25N3O3. The number of rotatable bonds is 8. The summed E-state index contributed by atoms with van der Waals surface area (Å²) in [5, 5.41) is 4.04. The van der Waals surface area contributed by atoms with Crippen LogP contribution in [0.3, 0.4) is 0 Å². The van der Waals surface area contributed by atoms with Gasteiger partial charge in [-0.25, -0.2) is 0 Å². The van der Waals surface area contributed by atoms with Gasteiger partial charge >= 0.3 is 0 Å². The predicted molar refractivity (Wildman–Crippen MR) is 112 cm³/mol. The number of hydrogen-bond donors (Lipinski definition) is 0. The van der Waals surface area contributed by atoms with E-state index in [1.165, 1.54) is 0 Å². The van der Waals surface area contributed by atoms with Crippen molar-refractivity contribution in [1.82, 2.24) is 15.0 Å². The molecule has 0 bridgehead atoms. The van der Waals surface area contributed by atoms with Crippen LogP contribution >= 0.6 is 0 Å². The highest BCUT2D eigenvalue weighted by Gasteiger charge is 2.19. The van der Waals surface area contributed by atoms with Crippen molar-refractivity contribution in [2.45, 2.75) is 33.4 Å². The van der Waals surface area contributed by atoms with Gasteiger partial charge in [0, 0.05) is 17.7 Å². The number of carbonyl (C=O) groups is 1. The first-order valence-electron chi connectivity index (χ1n) is 9.53. The zero-order valence-corrected chi connectivity index (χ0v) is 17.0. The van der Waals surface area contributed by atoms with Gasteiger partial charge in [-0.1, -0.05) is 47.1 Å². The summed E-state index contributed by atoms with van der Waals surface area (Å²) in [7, 11) is 0. The summed E-state index contributed by atoms with van der Waals surface area (Å²) in [5.41, 5.74) is 2.55. The van der Waals surface area contributed by atoms with Gasteiger partial charge in [0.25, 0.3) is 5.91 Å². The van der Waals surface area contributed by atoms with Gasteiger partial charge in [0.05, 0.1) is 6.10 Å². The quantitative estimate of drug-likeness (QED) is 0.522. The van der Waals surface area contributed by atoms with Crippen molar-refractivity contribution < 1.29 is 14.1 Å². The fourth-order valence-corrected chi connectivity index (χ4v) is 2.83. The lowest BCUT2D eigenvalue weighted by Crippen LogP contribution is -2.30. The zero-order valence-electron chi connectivity index (χ0n) is 17.0. The summed E-state index contributed by atoms with van der Waals surface area (Å²) < 4.78 is 11.1. The molecule has 6 heteroatoms. The Morgan fingerprint density at radius 3 is 2.69 bits per heavy atom. The van der Waals surface area contributed by atoms with Gasteiger partial charge in [0.15, 0.2) is 0 Å². The molecule has 3 aromatic rings. The Bertz CT molecular complexity index is 977. The van der Waals surface area contributed by atoms with Crippen molar-refractivity contribution in [2.75, 3.05) is 6.54 Å². The SMILES string of the molecule is C=CCN(Cc1nc(-c2ccc(C)cc2)no1)C(=O)c1cccc(OC(C)C)c1. The molecule has 2 aromatic carbocycles. The molecule has 0 atom stereocenters. The van der Waals surface area contributed by atoms with Crippen LogP contribution in [0.2, 0.25) is 0 Å². The molecule has 1 amide bonds. The lowest BCUT2D eigenvalue weighted by molar-refractivity contribution is 0.0744. The topological polar surface area (TPSA) is 68.5 Å². The second-order valence-corrected chi connectivity index (χ2v) is 7.05. The van der Waals surface area contributed by atoms with E-state index in [0.29, 0.717) is 29.6 Å². The van der Waals surface area contributed by atoms with Crippen molar-refractivity contribution in [1.29, 1.82) is 0 Å². The van der Waals surface area contributed by atoms with Crippen LogP contribution in [-0.4, -0.2) is 33.6 Å². The van der Waals surface area contributed by atoms with Gasteiger partial charge in [-0.2, -0.15) is 4.98 Å². The average molecular weight is 391 g/mol. The van der Waals surface area contributed by atoms with Crippen LogP contribution in [0.15, 0.2) is 65.7 Å². The minimum absolute atomic E-state index is 0.0308. The number of aromatic nitrogens is 2. The molecule has 6 nitrogen and oxygen atoms in total. The van der Waals surface area contributed by atoms with Crippen LogP contribution in [0, 0.1) is 6.92 Å². The molecule has 0 fully saturated rings. The molecule has 29 heavy (non-hydrogen) atoms. The minimum atomic E-state index is -0.158. The first-order chi connectivity index (χ1) is 14.0. The lowest BCUT2D eigenvalue weighted by atomic mass is 10.1. The van der Waals surface area contributed by atoms with E-state index in [4.69, 9.17) is 9.26 Å². The van der Waals surface area contributed by atoms with Gasteiger partial charge in [-0.15, -0.1) is 6.58 Å². The molecule has 0 saturated heterocycles. The van der Waals surface area contributed by atoms with E-state index in [9.17, 15) is 4.79 Å². The van der Waals surface area contributed by atoms with Crippen molar-refractivity contribution in [2.24, 2.45) is 0 Å². The number of carbonyl (C=O) groups excluding carboxylic acids is 1. The van der Waals surface area contributed by atoms with Crippen LogP contribution < -0.4 is 4.74 Å². The van der Waals surface area contributed by atoms with Crippen LogP contribution in [0.1, 0.15) is 35.7 Å². The summed E-state index contributed by atoms with van der Waals surface area (Å²) in [6.07, 6.45) is 1.70. The Morgan fingerprint density at radius 1 is 1.24 bits per heavy atom. The summed E-state index contributed by atoms with van der Waals surface area (Å²) in [4.78, 5) is 19.1. The summed E-state index contributed by atoms with van der Waals surface area (Å²) in [6, 6.07) is 15.0. The third-order valence-corrected chi connectivity index (χ3v) is 4.19. The maximum absolute atomic E-state index is 13.0. The third kappa shape index (κ3) is 5.31. The Balaban J connectivity index is 1.77. The molecule has 150 valence electrons. The molecule has 0 N–H and O–H groups in total. The van der Waals surface area contributed by atoms with Gasteiger partial charge in [0.2, 0.25) is 11.7 Å². The maximum Gasteiger partial charge on any atom is 0.254 e. The van der Waals surface area contributed by atoms with E-state index < -0.39 is 0 Å². The van der Waals surface area contributed by atoms with Crippen molar-refractivity contribution in [3.8, 4) is 17.1 Å². The Hall–Kier alpha value is -3.41. The molecule has 1 aromatic heterocycles. The van der Waals surface area contributed by atoms with Gasteiger partial charge in [0.1, 0.15) is 12.3 Å². The number of aryl methyl sites for hydroxylation is 1. The second kappa shape index (κ2) is 9.19. The number of hydrogen-bond acceptors (Lipinski definition) is 5. The lowest BCUT2D eigenvalue weighted by Gasteiger charge is -2.19. The fourth-order valence-electron chi connectivity index (χ4n) is 2.83. The minimum Gasteiger partial charge on any atom is -0.491 e. The fraction of sp³-hybridized carbons (Fsp3) is 0.261. The van der Waals surface area contributed by atoms with E-state index >= 15 is 0 Å². The van der Waals surface area contributed by atoms with E-state index in [2.05, 4.69) is 16.7 Å². The molecule has 0 saturated carbocycles. The molecule has 3 rings (SSSR count). The smallest absolute Gasteiger partial charge is 0.254 e. The normalized spacial score (nSPS) is 10.8. The van der Waals surface area contributed by atoms with Gasteiger partial charge < -0.3 is 14.2 Å². The summed E-state index contributed by atoms with van der Waals surface area (Å²) in [6.45, 7) is 10.2. The number of nitrogens with zero attached hydrogens (tertiary/aromatic N) is 3. The highest BCUT2D eigenvalue weighted by Crippen LogP contribution is 2.19. The largest absolute Gasteiger partial charge is 0.491 e. The van der Waals surface area contributed by atoms with E-state index in [1.54, 1.807) is 29.2 Å². The Morgan fingerprint density at radius 2 is 2.00 bits per heavy atom. The highest BCUT2D eigenvalue weighted by molar-refractivity contribution is 5.94. The maximum atomic E-state index is 13.0. The van der Waals surface area contributed by atoms with E-state index in [0.717, 1.165) is 11.1 Å². The molecule has 0 aliphatic heterocycles. The first-order valence-corrected chi connectivity index (χ1v) is 9.53. The molecule has 1 heterocycles. The number of benzene rings is 2. The number of amides is 1. The standard InChI is InChI=1S/C23H25N3O3/c1-5-13-26(23(27)19-7-6-8-20(14-19)28-16(2)3)15-21-24-22(25-29-21)18-11-9-17(4)10-12-18/h5-12,14,16H,1,13,15H2,2-4H3. The molecule has 0 aliphatic rings. The highest BCUT2D eigenvalue weighted by atomic mass is 16.5. The molecule has 0 aliphatic carbocycles. The third-order valence-electron chi connectivity index (χ3n) is 4.19. The molecule has 0 radical (unpaired) electrons. The zero-order chi connectivity index (χ0) is 20.8. The summed E-state index contributed by atoms with van der Waals surface area (Å²) >= 11 is 0. The van der Waals surface area contributed by atoms with E-state index in [-0.39, 0.29) is 18.6 Å². The van der Waals surface area contributed by atoms with Crippen LogP contribution in [-0.2, 0) is 6.54 Å². The van der Waals surface area contributed by atoms with Crippen LogP contribution in [0.4, 0.5) is 0 Å². The van der Waals surface area contributed by atoms with E-state index in [1.807, 2.05) is 51.1 Å². The van der Waals surface area contributed by atoms with Crippen molar-refractivity contribution in [3.63, 3.8) is 0 Å². The Kier molecular flexibility index (Phi) is 6.44. The molecular weight excluding hydrogens is 366 g/mol. The average Bonchev–Trinajstić information content (AvgIpc) is 3.16. The van der Waals surface area contributed by atoms with Crippen LogP contribution in [0.5, 0.6) is 5.75 Å². The van der Waals surface area contributed by atoms with Gasteiger partial charge in [-0.3, -0.25) is 4.79 Å². The molecule has 0 spiro atoms.